The number of morpholine rings is 1. The summed E-state index contributed by atoms with van der Waals surface area (Å²) in [5, 5.41) is 2.93. The monoisotopic (exact) mass is 329 g/mol. The molecule has 1 aliphatic rings. The van der Waals surface area contributed by atoms with Crippen molar-refractivity contribution < 1.29 is 17.9 Å². The van der Waals surface area contributed by atoms with Crippen molar-refractivity contribution in [2.45, 2.75) is 6.10 Å². The Morgan fingerprint density at radius 1 is 1.45 bits per heavy atom. The van der Waals surface area contributed by atoms with E-state index >= 15 is 0 Å². The van der Waals surface area contributed by atoms with E-state index in [1.807, 2.05) is 0 Å². The summed E-state index contributed by atoms with van der Waals surface area (Å²) >= 11 is 0. The first-order valence-corrected chi connectivity index (χ1v) is 8.62. The van der Waals surface area contributed by atoms with Crippen LogP contribution in [-0.2, 0) is 19.6 Å². The maximum atomic E-state index is 12.1. The highest BCUT2D eigenvalue weighted by atomic mass is 32.2. The summed E-state index contributed by atoms with van der Waals surface area (Å²) in [5.41, 5.74) is 0.624. The van der Waals surface area contributed by atoms with Crippen LogP contribution in [0.2, 0.25) is 0 Å². The van der Waals surface area contributed by atoms with Gasteiger partial charge in [-0.25, -0.2) is 18.1 Å². The van der Waals surface area contributed by atoms with Crippen LogP contribution in [0.15, 0.2) is 12.4 Å². The Morgan fingerprint density at radius 3 is 2.86 bits per heavy atom. The van der Waals surface area contributed by atoms with Gasteiger partial charge in [-0.05, 0) is 0 Å². The minimum atomic E-state index is -3.40. The fourth-order valence-electron chi connectivity index (χ4n) is 2.12. The summed E-state index contributed by atoms with van der Waals surface area (Å²) in [5.74, 6) is 0.296. The van der Waals surface area contributed by atoms with Gasteiger partial charge < -0.3 is 15.0 Å². The quantitative estimate of drug-likeness (QED) is 0.710. The molecule has 0 spiro atoms. The Balaban J connectivity index is 2.04. The Kier molecular flexibility index (Phi) is 5.27. The van der Waals surface area contributed by atoms with E-state index in [1.165, 1.54) is 0 Å². The van der Waals surface area contributed by atoms with Gasteiger partial charge in [-0.3, -0.25) is 9.78 Å². The molecule has 122 valence electrons. The molecule has 0 aliphatic carbocycles. The molecule has 2 heterocycles. The zero-order valence-electron chi connectivity index (χ0n) is 12.4. The lowest BCUT2D eigenvalue weighted by Crippen LogP contribution is -2.46. The van der Waals surface area contributed by atoms with Gasteiger partial charge in [-0.1, -0.05) is 0 Å². The average molecular weight is 329 g/mol. The molecule has 1 aromatic heterocycles. The number of rotatable bonds is 5. The maximum absolute atomic E-state index is 12.1. The van der Waals surface area contributed by atoms with E-state index in [0.717, 1.165) is 6.26 Å². The smallest absolute Gasteiger partial charge is 0.237 e. The third-order valence-electron chi connectivity index (χ3n) is 3.17. The normalized spacial score (nSPS) is 19.0. The van der Waals surface area contributed by atoms with Crippen LogP contribution in [0.3, 0.4) is 0 Å². The van der Waals surface area contributed by atoms with Crippen molar-refractivity contribution >= 4 is 21.7 Å². The number of hydrogen-bond acceptors (Lipinski definition) is 7. The van der Waals surface area contributed by atoms with Crippen LogP contribution >= 0.6 is 0 Å². The van der Waals surface area contributed by atoms with Crippen molar-refractivity contribution in [3.8, 4) is 0 Å². The number of nitrogens with one attached hydrogen (secondary N) is 2. The lowest BCUT2D eigenvalue weighted by Gasteiger charge is -2.33. The predicted molar refractivity (Wildman–Crippen MR) is 79.7 cm³/mol. The lowest BCUT2D eigenvalue weighted by atomic mass is 10.2. The highest BCUT2D eigenvalue weighted by Crippen LogP contribution is 2.24. The molecular weight excluding hydrogens is 310 g/mol. The van der Waals surface area contributed by atoms with Crippen LogP contribution in [-0.4, -0.2) is 68.7 Å². The van der Waals surface area contributed by atoms with E-state index in [1.54, 1.807) is 24.3 Å². The van der Waals surface area contributed by atoms with Gasteiger partial charge in [0.15, 0.2) is 0 Å². The van der Waals surface area contributed by atoms with Gasteiger partial charge in [-0.2, -0.15) is 0 Å². The zero-order chi connectivity index (χ0) is 16.2. The Hall–Kier alpha value is -1.78. The molecule has 2 N–H and O–H groups in total. The third-order valence-corrected chi connectivity index (χ3v) is 3.84. The standard InChI is InChI=1S/C12H19N5O4S/c1-13-12-11(14-3-4-15-12)9-8-17(5-6-21-9)10(18)7-16-22(2,19)20/h3-4,9,16H,5-8H2,1-2H3,(H,13,15)/t9-/m1/s1. The Labute approximate surface area is 129 Å². The number of aromatic nitrogens is 2. The van der Waals surface area contributed by atoms with Gasteiger partial charge in [0.05, 0.1) is 26.0 Å². The van der Waals surface area contributed by atoms with Gasteiger partial charge in [0.1, 0.15) is 17.6 Å². The molecule has 0 bridgehead atoms. The van der Waals surface area contributed by atoms with Gasteiger partial charge in [0.2, 0.25) is 15.9 Å². The van der Waals surface area contributed by atoms with Crippen LogP contribution in [0.25, 0.3) is 0 Å². The van der Waals surface area contributed by atoms with Gasteiger partial charge >= 0.3 is 0 Å². The zero-order valence-corrected chi connectivity index (χ0v) is 13.3. The summed E-state index contributed by atoms with van der Waals surface area (Å²) in [4.78, 5) is 22.0. The first kappa shape index (κ1) is 16.6. The molecule has 0 aromatic carbocycles. The van der Waals surface area contributed by atoms with Gasteiger partial charge in [-0.15, -0.1) is 0 Å². The molecule has 1 aliphatic heterocycles. The minimum Gasteiger partial charge on any atom is -0.372 e. The Bertz CT molecular complexity index is 636. The largest absolute Gasteiger partial charge is 0.372 e. The molecule has 1 aromatic rings. The molecule has 9 nitrogen and oxygen atoms in total. The Morgan fingerprint density at radius 2 is 2.18 bits per heavy atom. The van der Waals surface area contributed by atoms with Crippen molar-refractivity contribution in [2.24, 2.45) is 0 Å². The molecule has 0 saturated carbocycles. The van der Waals surface area contributed by atoms with E-state index in [0.29, 0.717) is 31.2 Å². The molecule has 0 unspecified atom stereocenters. The fraction of sp³-hybridized carbons (Fsp3) is 0.583. The molecule has 1 fully saturated rings. The number of anilines is 1. The summed E-state index contributed by atoms with van der Waals surface area (Å²) in [6, 6.07) is 0. The second kappa shape index (κ2) is 6.99. The number of amides is 1. The van der Waals surface area contributed by atoms with Crippen LogP contribution in [0.5, 0.6) is 0 Å². The van der Waals surface area contributed by atoms with Gasteiger partial charge in [0, 0.05) is 26.0 Å². The second-order valence-corrected chi connectivity index (χ2v) is 6.67. The van der Waals surface area contributed by atoms with Crippen LogP contribution in [0, 0.1) is 0 Å². The number of nitrogens with zero attached hydrogens (tertiary/aromatic N) is 3. The molecule has 2 rings (SSSR count). The molecule has 1 amide bonds. The van der Waals surface area contributed by atoms with E-state index < -0.39 is 16.1 Å². The summed E-state index contributed by atoms with van der Waals surface area (Å²) in [6.45, 7) is 0.813. The summed E-state index contributed by atoms with van der Waals surface area (Å²) in [6.07, 6.45) is 3.75. The van der Waals surface area contributed by atoms with Crippen molar-refractivity contribution in [3.63, 3.8) is 0 Å². The third kappa shape index (κ3) is 4.36. The summed E-state index contributed by atoms with van der Waals surface area (Å²) in [7, 11) is -1.66. The van der Waals surface area contributed by atoms with E-state index in [-0.39, 0.29) is 12.5 Å². The predicted octanol–water partition coefficient (Wildman–Crippen LogP) is -1.03. The maximum Gasteiger partial charge on any atom is 0.237 e. The van der Waals surface area contributed by atoms with Gasteiger partial charge in [0.25, 0.3) is 0 Å². The van der Waals surface area contributed by atoms with E-state index in [9.17, 15) is 13.2 Å². The molecule has 1 atom stereocenters. The van der Waals surface area contributed by atoms with Crippen molar-refractivity contribution in [2.75, 3.05) is 44.9 Å². The van der Waals surface area contributed by atoms with E-state index in [2.05, 4.69) is 20.0 Å². The second-order valence-electron chi connectivity index (χ2n) is 4.83. The number of carbonyl (C=O) groups is 1. The topological polar surface area (TPSA) is 114 Å². The minimum absolute atomic E-state index is 0.259. The van der Waals surface area contributed by atoms with Crippen molar-refractivity contribution in [1.82, 2.24) is 19.6 Å². The first-order valence-electron chi connectivity index (χ1n) is 6.73. The van der Waals surface area contributed by atoms with Crippen LogP contribution in [0.1, 0.15) is 11.8 Å². The molecule has 0 radical (unpaired) electrons. The molecule has 10 heteroatoms. The highest BCUT2D eigenvalue weighted by molar-refractivity contribution is 7.88. The summed E-state index contributed by atoms with van der Waals surface area (Å²) < 4.78 is 30.0. The number of sulfonamides is 1. The van der Waals surface area contributed by atoms with Crippen LogP contribution < -0.4 is 10.0 Å². The molecule has 1 saturated heterocycles. The SMILES string of the molecule is CNc1nccnc1[C@H]1CN(C(=O)CNS(C)(=O)=O)CCO1. The average Bonchev–Trinajstić information content (AvgIpc) is 2.52. The lowest BCUT2D eigenvalue weighted by molar-refractivity contribution is -0.137. The highest BCUT2D eigenvalue weighted by Gasteiger charge is 2.28. The van der Waals surface area contributed by atoms with Crippen molar-refractivity contribution in [1.29, 1.82) is 0 Å². The van der Waals surface area contributed by atoms with E-state index in [4.69, 9.17) is 4.74 Å². The number of hydrogen-bond donors (Lipinski definition) is 2. The molecule has 22 heavy (non-hydrogen) atoms. The number of ether oxygens (including phenoxy) is 1. The van der Waals surface area contributed by atoms with Crippen LogP contribution in [0.4, 0.5) is 5.82 Å². The fourth-order valence-corrected chi connectivity index (χ4v) is 2.51. The van der Waals surface area contributed by atoms with Crippen molar-refractivity contribution in [3.05, 3.63) is 18.1 Å². The molecular formula is C12H19N5O4S. The number of carbonyl (C=O) groups excluding carboxylic acids is 1. The first-order chi connectivity index (χ1) is 10.4.